The van der Waals surface area contributed by atoms with E-state index in [-0.39, 0.29) is 39.2 Å². The Kier molecular flexibility index (Phi) is 10.6. The van der Waals surface area contributed by atoms with Crippen LogP contribution in [0.15, 0.2) is 133 Å². The molecule has 0 fully saturated rings. The molecule has 0 saturated carbocycles. The molecular formula is C69H70BF3N2S. The van der Waals surface area contributed by atoms with Crippen LogP contribution in [0.2, 0.25) is 0 Å². The molecule has 0 saturated heterocycles. The first-order valence-electron chi connectivity index (χ1n) is 27.8. The van der Waals surface area contributed by atoms with Gasteiger partial charge in [0.05, 0.1) is 11.3 Å². The van der Waals surface area contributed by atoms with Gasteiger partial charge in [0.15, 0.2) is 0 Å². The summed E-state index contributed by atoms with van der Waals surface area (Å²) in [6.07, 6.45) is 2.11. The number of anilines is 6. The molecule has 0 spiro atoms. The van der Waals surface area contributed by atoms with E-state index in [1.807, 2.05) is 11.3 Å². The topological polar surface area (TPSA) is 6.48 Å². The maximum absolute atomic E-state index is 14.6. The predicted octanol–water partition coefficient (Wildman–Crippen LogP) is 18.4. The van der Waals surface area contributed by atoms with E-state index in [1.54, 1.807) is 12.1 Å². The first kappa shape index (κ1) is 49.5. The highest BCUT2D eigenvalue weighted by molar-refractivity contribution is 7.33. The van der Waals surface area contributed by atoms with Gasteiger partial charge in [-0.2, -0.15) is 13.2 Å². The smallest absolute Gasteiger partial charge is 0.311 e. The standard InChI is InChI=1S/C69H70BF3N2S/c1-63(2)28-29-64(3,4)50-36-45(26-27-49(50)63)74-56-39-53-52(66(7,8)31-32-67(53,9)10)38-55(56)70-60-57(74)34-42(47-21-17-16-20-46(47)41-18-14-13-15-19-41)35-58(60)75(44-24-22-43(23-25-44)69(71,72)73)61-48-37-51-54(40-59(48)76-62(61)70)68(11,12)33-30-65(51,5)6/h13-27,34-40H,28-33H2,1-12H3. The zero-order valence-electron chi connectivity index (χ0n) is 46.5. The van der Waals surface area contributed by atoms with Gasteiger partial charge in [0.25, 0.3) is 6.71 Å². The van der Waals surface area contributed by atoms with E-state index in [2.05, 4.69) is 202 Å². The first-order chi connectivity index (χ1) is 35.8. The molecular weight excluding hydrogens is 957 g/mol. The molecule has 386 valence electrons. The molecule has 5 aliphatic rings. The third-order valence-corrected chi connectivity index (χ3v) is 20.7. The van der Waals surface area contributed by atoms with Crippen LogP contribution in [0.1, 0.15) is 161 Å². The summed E-state index contributed by atoms with van der Waals surface area (Å²) in [7, 11) is 0. The molecule has 0 bridgehead atoms. The Morgan fingerprint density at radius 3 is 1.49 bits per heavy atom. The SMILES string of the molecule is CC1(C)CCC(C)(C)c2cc(N3c4cc5c(cc4B4c6sc7cc8c(cc7c6N(c6ccc(C(F)(F)F)cc6)c6cc(-c7ccccc7-c7ccccc7)cc3c64)C(C)(C)CCC8(C)C)C(C)(C)CCC5(C)C)ccc21. The second-order valence-electron chi connectivity index (χ2n) is 27.2. The highest BCUT2D eigenvalue weighted by Gasteiger charge is 2.50. The molecule has 7 aromatic carbocycles. The summed E-state index contributed by atoms with van der Waals surface area (Å²) in [4.78, 5) is 4.96. The lowest BCUT2D eigenvalue weighted by Gasteiger charge is -2.47. The quantitative estimate of drug-likeness (QED) is 0.162. The van der Waals surface area contributed by atoms with Gasteiger partial charge in [-0.1, -0.05) is 150 Å². The minimum atomic E-state index is -4.48. The van der Waals surface area contributed by atoms with Gasteiger partial charge in [-0.05, 0) is 204 Å². The molecule has 3 heterocycles. The van der Waals surface area contributed by atoms with E-state index in [9.17, 15) is 13.2 Å². The molecule has 0 atom stereocenters. The number of nitrogens with zero attached hydrogens (tertiary/aromatic N) is 2. The van der Waals surface area contributed by atoms with Gasteiger partial charge in [-0.3, -0.25) is 0 Å². The number of benzene rings is 7. The van der Waals surface area contributed by atoms with Crippen molar-refractivity contribution in [3.63, 3.8) is 0 Å². The Morgan fingerprint density at radius 2 is 0.908 bits per heavy atom. The van der Waals surface area contributed by atoms with E-state index >= 15 is 0 Å². The van der Waals surface area contributed by atoms with Crippen LogP contribution in [0.3, 0.4) is 0 Å². The zero-order valence-corrected chi connectivity index (χ0v) is 47.3. The van der Waals surface area contributed by atoms with Crippen molar-refractivity contribution in [1.82, 2.24) is 0 Å². The Morgan fingerprint density at radius 1 is 0.434 bits per heavy atom. The number of alkyl halides is 3. The molecule has 0 unspecified atom stereocenters. The van der Waals surface area contributed by atoms with Crippen molar-refractivity contribution in [2.24, 2.45) is 0 Å². The van der Waals surface area contributed by atoms with Crippen LogP contribution in [-0.2, 0) is 38.7 Å². The maximum atomic E-state index is 14.6. The number of rotatable bonds is 4. The number of halogens is 3. The largest absolute Gasteiger partial charge is 0.416 e. The van der Waals surface area contributed by atoms with Gasteiger partial charge in [0.2, 0.25) is 0 Å². The molecule has 1 aromatic heterocycles. The van der Waals surface area contributed by atoms with Gasteiger partial charge in [-0.15, -0.1) is 11.3 Å². The summed E-state index contributed by atoms with van der Waals surface area (Å²) in [5.74, 6) is 0. The minimum absolute atomic E-state index is 0.0120. The monoisotopic (exact) mass is 1030 g/mol. The summed E-state index contributed by atoms with van der Waals surface area (Å²) < 4.78 is 46.3. The van der Waals surface area contributed by atoms with Crippen molar-refractivity contribution in [3.05, 3.63) is 172 Å². The molecule has 7 heteroatoms. The number of fused-ring (bicyclic) bond motifs is 9. The van der Waals surface area contributed by atoms with Crippen LogP contribution in [0, 0.1) is 0 Å². The molecule has 3 aliphatic carbocycles. The van der Waals surface area contributed by atoms with Gasteiger partial charge in [-0.25, -0.2) is 0 Å². The van der Waals surface area contributed by atoms with Gasteiger partial charge in [0.1, 0.15) is 0 Å². The summed E-state index contributed by atoms with van der Waals surface area (Å²) >= 11 is 1.89. The lowest BCUT2D eigenvalue weighted by Crippen LogP contribution is -2.61. The van der Waals surface area contributed by atoms with Crippen LogP contribution in [0.4, 0.5) is 47.3 Å². The highest BCUT2D eigenvalue weighted by atomic mass is 32.1. The van der Waals surface area contributed by atoms with E-state index in [1.165, 1.54) is 71.6 Å². The fourth-order valence-corrected chi connectivity index (χ4v) is 15.8. The molecule has 2 nitrogen and oxygen atoms in total. The van der Waals surface area contributed by atoms with Gasteiger partial charge < -0.3 is 9.80 Å². The van der Waals surface area contributed by atoms with Crippen molar-refractivity contribution < 1.29 is 13.2 Å². The van der Waals surface area contributed by atoms with Crippen LogP contribution in [0.25, 0.3) is 32.3 Å². The lowest BCUT2D eigenvalue weighted by molar-refractivity contribution is -0.137. The second kappa shape index (κ2) is 16.3. The predicted molar refractivity (Wildman–Crippen MR) is 318 cm³/mol. The third kappa shape index (κ3) is 7.40. The molecule has 8 aromatic rings. The van der Waals surface area contributed by atoms with E-state index in [0.717, 1.165) is 88.9 Å². The Labute approximate surface area is 453 Å². The molecule has 13 rings (SSSR count). The number of hydrogen-bond donors (Lipinski definition) is 0. The zero-order chi connectivity index (χ0) is 53.4. The normalized spacial score (nSPS) is 19.8. The summed E-state index contributed by atoms with van der Waals surface area (Å²) in [6.45, 7) is 28.8. The van der Waals surface area contributed by atoms with Crippen molar-refractivity contribution in [2.75, 3.05) is 9.80 Å². The fraction of sp³-hybridized carbons (Fsp3) is 0.362. The van der Waals surface area contributed by atoms with Gasteiger partial charge >= 0.3 is 6.18 Å². The third-order valence-electron chi connectivity index (χ3n) is 19.5. The van der Waals surface area contributed by atoms with E-state index in [4.69, 9.17) is 0 Å². The van der Waals surface area contributed by atoms with Gasteiger partial charge in [0, 0.05) is 43.3 Å². The van der Waals surface area contributed by atoms with Crippen molar-refractivity contribution >= 4 is 78.0 Å². The summed E-state index contributed by atoms with van der Waals surface area (Å²) in [5, 5.41) is 1.16. The summed E-state index contributed by atoms with van der Waals surface area (Å²) in [5.41, 5.74) is 20.7. The van der Waals surface area contributed by atoms with Crippen molar-refractivity contribution in [2.45, 2.75) is 160 Å². The average Bonchev–Trinajstić information content (AvgIpc) is 3.85. The molecule has 2 aliphatic heterocycles. The maximum Gasteiger partial charge on any atom is 0.416 e. The Bertz CT molecular complexity index is 3720. The average molecular weight is 1030 g/mol. The lowest BCUT2D eigenvalue weighted by atomic mass is 9.35. The van der Waals surface area contributed by atoms with E-state index in [0.29, 0.717) is 5.69 Å². The minimum Gasteiger partial charge on any atom is -0.311 e. The highest BCUT2D eigenvalue weighted by Crippen LogP contribution is 2.56. The Balaban J connectivity index is 1.20. The van der Waals surface area contributed by atoms with E-state index < -0.39 is 11.7 Å². The Hall–Kier alpha value is -6.05. The van der Waals surface area contributed by atoms with Crippen LogP contribution < -0.4 is 25.5 Å². The second-order valence-corrected chi connectivity index (χ2v) is 28.3. The molecule has 0 radical (unpaired) electrons. The summed E-state index contributed by atoms with van der Waals surface area (Å²) in [6, 6.07) is 47.7. The molecule has 0 N–H and O–H groups in total. The first-order valence-corrected chi connectivity index (χ1v) is 28.6. The number of hydrogen-bond acceptors (Lipinski definition) is 3. The van der Waals surface area contributed by atoms with Crippen LogP contribution in [-0.4, -0.2) is 6.71 Å². The number of thiophene rings is 1. The fourth-order valence-electron chi connectivity index (χ4n) is 14.4. The van der Waals surface area contributed by atoms with Crippen LogP contribution in [0.5, 0.6) is 0 Å². The molecule has 76 heavy (non-hydrogen) atoms. The van der Waals surface area contributed by atoms with Crippen molar-refractivity contribution in [1.29, 1.82) is 0 Å². The molecule has 0 amide bonds. The van der Waals surface area contributed by atoms with Crippen molar-refractivity contribution in [3.8, 4) is 22.3 Å². The van der Waals surface area contributed by atoms with Crippen LogP contribution >= 0.6 is 11.3 Å².